The zero-order valence-electron chi connectivity index (χ0n) is 19.8. The summed E-state index contributed by atoms with van der Waals surface area (Å²) in [5, 5.41) is 13.5. The molecule has 0 aliphatic carbocycles. The fourth-order valence-electron chi connectivity index (χ4n) is 4.83. The Morgan fingerprint density at radius 1 is 0.889 bits per heavy atom. The van der Waals surface area contributed by atoms with Crippen LogP contribution in [-0.2, 0) is 14.4 Å². The molecule has 0 radical (unpaired) electrons. The van der Waals surface area contributed by atoms with Crippen LogP contribution in [0.5, 0.6) is 11.5 Å². The molecule has 3 aromatic carbocycles. The molecule has 36 heavy (non-hydrogen) atoms. The Balaban J connectivity index is 1.69. The minimum Gasteiger partial charge on any atom is -0.493 e. The summed E-state index contributed by atoms with van der Waals surface area (Å²) in [6, 6.07) is 17.6. The van der Waals surface area contributed by atoms with Crippen LogP contribution in [0.4, 0.5) is 17.1 Å². The van der Waals surface area contributed by atoms with Crippen molar-refractivity contribution in [1.82, 2.24) is 0 Å². The van der Waals surface area contributed by atoms with E-state index in [1.54, 1.807) is 42.5 Å². The van der Waals surface area contributed by atoms with Gasteiger partial charge in [-0.1, -0.05) is 30.3 Å². The lowest BCUT2D eigenvalue weighted by atomic mass is 9.89. The molecule has 0 bridgehead atoms. The molecule has 0 saturated carbocycles. The molecular weight excluding hydrogens is 466 g/mol. The van der Waals surface area contributed by atoms with Crippen LogP contribution < -0.4 is 19.4 Å². The van der Waals surface area contributed by atoms with E-state index < -0.39 is 34.8 Å². The van der Waals surface area contributed by atoms with Gasteiger partial charge in [-0.05, 0) is 42.8 Å². The summed E-state index contributed by atoms with van der Waals surface area (Å²) in [4.78, 5) is 46.1. The molecule has 0 aromatic heterocycles. The van der Waals surface area contributed by atoms with Gasteiger partial charge in [0.2, 0.25) is 5.91 Å². The molecule has 10 nitrogen and oxygen atoms in total. The number of ether oxygens (including phenoxy) is 2. The van der Waals surface area contributed by atoms with Crippen LogP contribution in [0.1, 0.15) is 17.2 Å². The van der Waals surface area contributed by atoms with Gasteiger partial charge in [-0.25, -0.2) is 9.96 Å². The third-order valence-electron chi connectivity index (χ3n) is 6.43. The zero-order valence-corrected chi connectivity index (χ0v) is 19.8. The van der Waals surface area contributed by atoms with E-state index in [2.05, 4.69) is 0 Å². The van der Waals surface area contributed by atoms with Crippen molar-refractivity contribution in [1.29, 1.82) is 0 Å². The molecule has 2 aliphatic rings. The van der Waals surface area contributed by atoms with Gasteiger partial charge >= 0.3 is 0 Å². The summed E-state index contributed by atoms with van der Waals surface area (Å²) in [6.07, 6.45) is -1.16. The largest absolute Gasteiger partial charge is 0.493 e. The molecule has 2 saturated heterocycles. The van der Waals surface area contributed by atoms with Crippen molar-refractivity contribution < 1.29 is 28.8 Å². The predicted molar refractivity (Wildman–Crippen MR) is 130 cm³/mol. The van der Waals surface area contributed by atoms with Crippen molar-refractivity contribution in [2.24, 2.45) is 5.92 Å². The smallest absolute Gasteiger partial charge is 0.278 e. The molecule has 2 fully saturated rings. The van der Waals surface area contributed by atoms with Crippen molar-refractivity contribution in [3.63, 3.8) is 0 Å². The van der Waals surface area contributed by atoms with Crippen LogP contribution in [0.2, 0.25) is 0 Å². The SMILES string of the molecule is COc1cc([C@H]2[C@@H]3C(=O)N(c4cccc(C)c4)C(=O)[C@@H]3ON2c2ccccc2)c([N+](=O)[O-])cc1OC. The highest BCUT2D eigenvalue weighted by atomic mass is 16.7. The highest BCUT2D eigenvalue weighted by Gasteiger charge is 2.61. The molecule has 3 aromatic rings. The van der Waals surface area contributed by atoms with Crippen molar-refractivity contribution in [3.8, 4) is 11.5 Å². The Kier molecular flexibility index (Phi) is 5.81. The summed E-state index contributed by atoms with van der Waals surface area (Å²) in [6.45, 7) is 1.86. The lowest BCUT2D eigenvalue weighted by Gasteiger charge is -2.29. The second kappa shape index (κ2) is 8.97. The third kappa shape index (κ3) is 3.62. The number of carbonyl (C=O) groups is 2. The van der Waals surface area contributed by atoms with E-state index in [4.69, 9.17) is 14.3 Å². The van der Waals surface area contributed by atoms with Gasteiger partial charge in [0.1, 0.15) is 12.0 Å². The first-order valence-corrected chi connectivity index (χ1v) is 11.2. The highest BCUT2D eigenvalue weighted by Crippen LogP contribution is 2.51. The number of fused-ring (bicyclic) bond motifs is 1. The van der Waals surface area contributed by atoms with Crippen LogP contribution in [0.25, 0.3) is 0 Å². The van der Waals surface area contributed by atoms with Gasteiger partial charge in [-0.3, -0.25) is 24.5 Å². The molecule has 0 unspecified atom stereocenters. The Hall–Kier alpha value is -4.44. The normalized spacial score (nSPS) is 21.0. The topological polar surface area (TPSA) is 111 Å². The second-order valence-corrected chi connectivity index (χ2v) is 8.53. The van der Waals surface area contributed by atoms with Crippen LogP contribution in [-0.4, -0.2) is 37.1 Å². The number of rotatable bonds is 6. The van der Waals surface area contributed by atoms with E-state index in [-0.39, 0.29) is 22.7 Å². The van der Waals surface area contributed by atoms with Gasteiger partial charge in [0.25, 0.3) is 11.6 Å². The fourth-order valence-corrected chi connectivity index (χ4v) is 4.83. The molecule has 3 atom stereocenters. The number of imide groups is 1. The maximum absolute atomic E-state index is 13.8. The molecule has 5 rings (SSSR count). The van der Waals surface area contributed by atoms with Crippen molar-refractivity contribution >= 4 is 28.9 Å². The Morgan fingerprint density at radius 2 is 1.56 bits per heavy atom. The first-order chi connectivity index (χ1) is 17.3. The Labute approximate surface area is 206 Å². The number of nitro groups is 1. The van der Waals surface area contributed by atoms with E-state index in [1.807, 2.05) is 19.1 Å². The van der Waals surface area contributed by atoms with Gasteiger partial charge in [0.15, 0.2) is 17.6 Å². The number of benzene rings is 3. The van der Waals surface area contributed by atoms with Gasteiger partial charge in [-0.15, -0.1) is 0 Å². The maximum atomic E-state index is 13.8. The molecule has 2 heterocycles. The molecule has 0 spiro atoms. The van der Waals surface area contributed by atoms with Gasteiger partial charge in [0.05, 0.1) is 42.1 Å². The van der Waals surface area contributed by atoms with Crippen LogP contribution >= 0.6 is 0 Å². The zero-order chi connectivity index (χ0) is 25.6. The summed E-state index contributed by atoms with van der Waals surface area (Å²) in [5.41, 5.74) is 1.74. The van der Waals surface area contributed by atoms with E-state index >= 15 is 0 Å². The first kappa shape index (κ1) is 23.3. The summed E-state index contributed by atoms with van der Waals surface area (Å²) in [7, 11) is 2.80. The molecular formula is C26H23N3O7. The molecule has 0 N–H and O–H groups in total. The standard InChI is InChI=1S/C26H23N3O7/c1-15-8-7-11-17(12-15)27-25(30)22-23(18-13-20(34-2)21(35-3)14-19(18)29(32)33)28(36-24(22)26(27)31)16-9-5-4-6-10-16/h4-14,22-24H,1-3H3/t22-,23-,24+/m0/s1. The lowest BCUT2D eigenvalue weighted by molar-refractivity contribution is -0.385. The average Bonchev–Trinajstić information content (AvgIpc) is 3.39. The molecule has 2 aliphatic heterocycles. The number of para-hydroxylation sites is 1. The fraction of sp³-hybridized carbons (Fsp3) is 0.231. The monoisotopic (exact) mass is 489 g/mol. The van der Waals surface area contributed by atoms with Crippen LogP contribution in [0, 0.1) is 23.0 Å². The van der Waals surface area contributed by atoms with Crippen LogP contribution in [0.3, 0.4) is 0 Å². The number of nitrogens with zero attached hydrogens (tertiary/aromatic N) is 3. The molecule has 184 valence electrons. The minimum absolute atomic E-state index is 0.168. The van der Waals surface area contributed by atoms with E-state index in [9.17, 15) is 19.7 Å². The summed E-state index contributed by atoms with van der Waals surface area (Å²) < 4.78 is 10.7. The number of hydrogen-bond donors (Lipinski definition) is 0. The second-order valence-electron chi connectivity index (χ2n) is 8.53. The number of carbonyl (C=O) groups excluding carboxylic acids is 2. The summed E-state index contributed by atoms with van der Waals surface area (Å²) in [5.74, 6) is -1.63. The van der Waals surface area contributed by atoms with E-state index in [0.29, 0.717) is 11.4 Å². The number of hydroxylamine groups is 1. The highest BCUT2D eigenvalue weighted by molar-refractivity contribution is 6.24. The molecule has 2 amide bonds. The third-order valence-corrected chi connectivity index (χ3v) is 6.43. The van der Waals surface area contributed by atoms with Crippen LogP contribution in [0.15, 0.2) is 66.7 Å². The first-order valence-electron chi connectivity index (χ1n) is 11.2. The number of aryl methyl sites for hydroxylation is 1. The number of hydrogen-bond acceptors (Lipinski definition) is 8. The lowest BCUT2D eigenvalue weighted by Crippen LogP contribution is -2.37. The number of methoxy groups -OCH3 is 2. The van der Waals surface area contributed by atoms with Gasteiger partial charge in [-0.2, -0.15) is 0 Å². The quantitative estimate of drug-likeness (QED) is 0.291. The van der Waals surface area contributed by atoms with Crippen molar-refractivity contribution in [2.75, 3.05) is 24.2 Å². The minimum atomic E-state index is -1.16. The number of anilines is 2. The van der Waals surface area contributed by atoms with E-state index in [0.717, 1.165) is 10.5 Å². The van der Waals surface area contributed by atoms with E-state index in [1.165, 1.54) is 31.4 Å². The predicted octanol–water partition coefficient (Wildman–Crippen LogP) is 3.97. The van der Waals surface area contributed by atoms with Gasteiger partial charge in [0, 0.05) is 0 Å². The van der Waals surface area contributed by atoms with Crippen molar-refractivity contribution in [3.05, 3.63) is 88.0 Å². The average molecular weight is 489 g/mol. The number of amides is 2. The Morgan fingerprint density at radius 3 is 2.19 bits per heavy atom. The number of nitro benzene ring substituents is 1. The molecule has 10 heteroatoms. The van der Waals surface area contributed by atoms with Gasteiger partial charge < -0.3 is 9.47 Å². The Bertz CT molecular complexity index is 1360. The summed E-state index contributed by atoms with van der Waals surface area (Å²) >= 11 is 0. The maximum Gasteiger partial charge on any atom is 0.278 e. The van der Waals surface area contributed by atoms with Crippen molar-refractivity contribution in [2.45, 2.75) is 19.1 Å².